The maximum Gasteiger partial charge on any atom is 0.328 e. The van der Waals surface area contributed by atoms with Crippen LogP contribution in [0.1, 0.15) is 77.3 Å². The lowest BCUT2D eigenvalue weighted by Gasteiger charge is -2.33. The Kier molecular flexibility index (Phi) is 20.8. The monoisotopic (exact) mass is 975 g/mol. The van der Waals surface area contributed by atoms with Gasteiger partial charge < -0.3 is 62.4 Å². The Hall–Kier alpha value is -7.36. The van der Waals surface area contributed by atoms with Crippen LogP contribution in [0.15, 0.2) is 66.2 Å². The molecule has 0 unspecified atom stereocenters. The van der Waals surface area contributed by atoms with Gasteiger partial charge in [0, 0.05) is 51.4 Å². The van der Waals surface area contributed by atoms with Gasteiger partial charge in [0.2, 0.25) is 53.2 Å². The minimum Gasteiger partial charge on any atom is -0.508 e. The predicted octanol–water partition coefficient (Wildman–Crippen LogP) is -1.49. The summed E-state index contributed by atoms with van der Waals surface area (Å²) in [6, 6.07) is 4.48. The first-order valence-electron chi connectivity index (χ1n) is 23.1. The van der Waals surface area contributed by atoms with Crippen LogP contribution in [0.2, 0.25) is 0 Å². The van der Waals surface area contributed by atoms with Crippen molar-refractivity contribution in [2.75, 3.05) is 26.7 Å². The molecule has 70 heavy (non-hydrogen) atoms. The van der Waals surface area contributed by atoms with Gasteiger partial charge >= 0.3 is 5.97 Å². The molecule has 9 amide bonds. The van der Waals surface area contributed by atoms with Crippen molar-refractivity contribution >= 4 is 59.1 Å². The highest BCUT2D eigenvalue weighted by molar-refractivity contribution is 6.00. The van der Waals surface area contributed by atoms with Gasteiger partial charge in [-0.3, -0.25) is 43.2 Å². The van der Waals surface area contributed by atoms with Gasteiger partial charge in [0.15, 0.2) is 0 Å². The number of rotatable bonds is 16. The number of fused-ring (bicyclic) bond motifs is 1. The van der Waals surface area contributed by atoms with Crippen molar-refractivity contribution in [2.45, 2.75) is 127 Å². The summed E-state index contributed by atoms with van der Waals surface area (Å²) >= 11 is 0. The number of phenols is 1. The van der Waals surface area contributed by atoms with Crippen LogP contribution in [0.5, 0.6) is 5.75 Å². The number of carbonyl (C=O) groups is 10. The second-order valence-corrected chi connectivity index (χ2v) is 17.3. The Bertz CT molecular complexity index is 2260. The Labute approximate surface area is 405 Å². The van der Waals surface area contributed by atoms with Gasteiger partial charge in [0.1, 0.15) is 54.1 Å². The third-order valence-corrected chi connectivity index (χ3v) is 12.1. The van der Waals surface area contributed by atoms with Gasteiger partial charge in [-0.15, -0.1) is 0 Å². The molecule has 0 aromatic heterocycles. The summed E-state index contributed by atoms with van der Waals surface area (Å²) in [6.45, 7) is 5.12. The summed E-state index contributed by atoms with van der Waals surface area (Å²) < 4.78 is 5.72. The molecule has 2 aromatic rings. The van der Waals surface area contributed by atoms with Crippen LogP contribution in [-0.2, 0) is 65.5 Å². The second-order valence-electron chi connectivity index (χ2n) is 17.3. The molecular weight excluding hydrogens is 911 g/mol. The van der Waals surface area contributed by atoms with E-state index in [1.807, 2.05) is 0 Å². The smallest absolute Gasteiger partial charge is 0.328 e. The van der Waals surface area contributed by atoms with E-state index < -0.39 is 108 Å². The number of carbonyl (C=O) groups excluding carboxylic acids is 10. The van der Waals surface area contributed by atoms with Crippen molar-refractivity contribution in [3.05, 3.63) is 77.4 Å². The summed E-state index contributed by atoms with van der Waals surface area (Å²) in [7, 11) is 1.36. The molecule has 2 saturated heterocycles. The molecule has 0 bridgehead atoms. The number of likely N-dealkylation sites (N-methyl/N-ethyl adjacent to an activating group) is 1. The number of aromatic hydroxyl groups is 1. The minimum absolute atomic E-state index is 0.0189. The number of ether oxygens (including phenoxy) is 1. The molecule has 2 aliphatic heterocycles. The molecule has 2 fully saturated rings. The average molecular weight is 976 g/mol. The van der Waals surface area contributed by atoms with E-state index in [0.717, 1.165) is 4.90 Å². The Balaban J connectivity index is 1.83. The van der Waals surface area contributed by atoms with Gasteiger partial charge in [-0.05, 0) is 76.6 Å². The summed E-state index contributed by atoms with van der Waals surface area (Å²) in [4.78, 5) is 141. The first kappa shape index (κ1) is 55.2. The summed E-state index contributed by atoms with van der Waals surface area (Å²) in [5, 5.41) is 34.7. The first-order chi connectivity index (χ1) is 33.2. The van der Waals surface area contributed by atoms with E-state index in [1.54, 1.807) is 49.4 Å². The number of nitrogens with zero attached hydrogens (tertiary/aromatic N) is 2. The van der Waals surface area contributed by atoms with Crippen molar-refractivity contribution in [3.8, 4) is 5.75 Å². The van der Waals surface area contributed by atoms with E-state index in [-0.39, 0.29) is 76.0 Å². The quantitative estimate of drug-likeness (QED) is 0.0685. The van der Waals surface area contributed by atoms with Crippen LogP contribution in [-0.4, -0.2) is 154 Å². The molecule has 0 radical (unpaired) electrons. The number of hydrogen-bond donors (Lipinski definition) is 9. The standard InChI is InChI=1S/C48H65N9O13/c1-6-27(2)41(62)52-33(18-20-38(49)60)42(63)55-40-29(4)70-48(69)28(3)51-44(65)37(26-31-14-16-32(59)17-15-31)56(5)46(67)35(25-30-11-8-7-9-12-30)54-43(64)36-13-10-23-57(36)47(68)34(53-45(40)66)19-21-39(61)50-22-24-58/h6-9,11-12,14-17,28-29,33-37,40,58-59H,10,13,18-26H2,1-5H3,(H2,49,60)(H,50,61)(H,51,65)(H,52,62)(H,53,66)(H,54,64)(H,55,63)/b27-6+/t28-,29+,33-,34-,35-,36+,37-,40-/m0/s1. The third-order valence-electron chi connectivity index (χ3n) is 12.1. The van der Waals surface area contributed by atoms with Crippen molar-refractivity contribution in [1.82, 2.24) is 41.7 Å². The molecule has 2 aromatic carbocycles. The zero-order valence-corrected chi connectivity index (χ0v) is 40.0. The van der Waals surface area contributed by atoms with Gasteiger partial charge in [0.05, 0.1) is 6.61 Å². The van der Waals surface area contributed by atoms with Crippen LogP contribution in [0.25, 0.3) is 0 Å². The minimum atomic E-state index is -1.85. The highest BCUT2D eigenvalue weighted by Crippen LogP contribution is 2.22. The number of allylic oxidation sites excluding steroid dienone is 1. The SMILES string of the molecule is C/C=C(\C)C(=O)N[C@@H](CCC(N)=O)C(=O)N[C@@H]1C(=O)N[C@@H](CCC(=O)NCCO)C(=O)N2CCC[C@@H]2C(=O)N[C@@H](Cc2ccccc2)C(=O)N(C)[C@@H](Cc2ccc(O)cc2)C(=O)N[C@@H](C)C(=O)O[C@@H]1C. The Morgan fingerprint density at radius 1 is 0.871 bits per heavy atom. The summed E-state index contributed by atoms with van der Waals surface area (Å²) in [6.07, 6.45) is -1.22. The Morgan fingerprint density at radius 2 is 1.53 bits per heavy atom. The number of nitrogens with one attached hydrogen (secondary N) is 6. The van der Waals surface area contributed by atoms with Crippen molar-refractivity contribution in [2.24, 2.45) is 5.73 Å². The number of phenolic OH excluding ortho intramolecular Hbond substituents is 1. The fourth-order valence-corrected chi connectivity index (χ4v) is 7.89. The van der Waals surface area contributed by atoms with Crippen LogP contribution in [0.3, 0.4) is 0 Å². The van der Waals surface area contributed by atoms with Gasteiger partial charge in [-0.25, -0.2) is 4.79 Å². The molecule has 10 N–H and O–H groups in total. The Morgan fingerprint density at radius 3 is 2.17 bits per heavy atom. The molecule has 4 rings (SSSR count). The van der Waals surface area contributed by atoms with E-state index in [2.05, 4.69) is 31.9 Å². The predicted molar refractivity (Wildman–Crippen MR) is 251 cm³/mol. The molecule has 0 aliphatic carbocycles. The lowest BCUT2D eigenvalue weighted by Crippen LogP contribution is -2.61. The number of nitrogens with two attached hydrogens (primary N) is 1. The average Bonchev–Trinajstić information content (AvgIpc) is 3.84. The second kappa shape index (κ2) is 26.4. The molecule has 8 atom stereocenters. The van der Waals surface area contributed by atoms with Gasteiger partial charge in [-0.1, -0.05) is 48.5 Å². The number of aliphatic hydroxyl groups excluding tert-OH is 1. The number of esters is 1. The first-order valence-corrected chi connectivity index (χ1v) is 23.1. The van der Waals surface area contributed by atoms with E-state index in [4.69, 9.17) is 10.5 Å². The maximum absolute atomic E-state index is 14.7. The fourth-order valence-electron chi connectivity index (χ4n) is 7.89. The number of aliphatic hydroxyl groups is 1. The molecule has 2 aliphatic rings. The van der Waals surface area contributed by atoms with Crippen LogP contribution >= 0.6 is 0 Å². The number of benzene rings is 2. The highest BCUT2D eigenvalue weighted by Gasteiger charge is 2.42. The van der Waals surface area contributed by atoms with E-state index in [9.17, 15) is 58.2 Å². The van der Waals surface area contributed by atoms with Crippen LogP contribution in [0.4, 0.5) is 0 Å². The van der Waals surface area contributed by atoms with E-state index in [1.165, 1.54) is 50.9 Å². The maximum atomic E-state index is 14.7. The lowest BCUT2D eigenvalue weighted by atomic mass is 10.00. The highest BCUT2D eigenvalue weighted by atomic mass is 16.5. The summed E-state index contributed by atoms with van der Waals surface area (Å²) in [5.41, 5.74) is 6.75. The normalized spacial score (nSPS) is 23.5. The number of hydrogen-bond acceptors (Lipinski definition) is 13. The molecule has 0 saturated carbocycles. The third kappa shape index (κ3) is 15.9. The lowest BCUT2D eigenvalue weighted by molar-refractivity contribution is -0.156. The van der Waals surface area contributed by atoms with E-state index in [0.29, 0.717) is 17.5 Å². The number of amides is 9. The van der Waals surface area contributed by atoms with E-state index >= 15 is 0 Å². The van der Waals surface area contributed by atoms with Crippen molar-refractivity contribution in [1.29, 1.82) is 0 Å². The largest absolute Gasteiger partial charge is 0.508 e. The molecule has 0 spiro atoms. The van der Waals surface area contributed by atoms with Crippen molar-refractivity contribution < 1.29 is 62.9 Å². The molecular formula is C48H65N9O13. The van der Waals surface area contributed by atoms with Gasteiger partial charge in [-0.2, -0.15) is 0 Å². The van der Waals surface area contributed by atoms with Crippen LogP contribution < -0.4 is 37.6 Å². The molecule has 22 heteroatoms. The molecule has 22 nitrogen and oxygen atoms in total. The molecule has 380 valence electrons. The summed E-state index contributed by atoms with van der Waals surface area (Å²) in [5.74, 6) is -8.40. The zero-order valence-electron chi connectivity index (χ0n) is 40.0. The zero-order chi connectivity index (χ0) is 51.7. The topological polar surface area (TPSA) is 325 Å². The van der Waals surface area contributed by atoms with Gasteiger partial charge in [0.25, 0.3) is 0 Å². The fraction of sp³-hybridized carbons (Fsp3) is 0.500. The molecule has 2 heterocycles. The number of cyclic esters (lactones) is 1. The van der Waals surface area contributed by atoms with Crippen LogP contribution in [0, 0.1) is 0 Å². The number of primary amides is 1. The van der Waals surface area contributed by atoms with Crippen molar-refractivity contribution in [3.63, 3.8) is 0 Å².